The lowest BCUT2D eigenvalue weighted by Crippen LogP contribution is -2.51. The number of benzene rings is 1. The van der Waals surface area contributed by atoms with E-state index in [9.17, 15) is 9.90 Å². The van der Waals surface area contributed by atoms with Crippen LogP contribution in [-0.2, 0) is 11.3 Å². The number of carboxylic acid groups (broad SMARTS) is 1. The molecule has 0 aromatic heterocycles. The van der Waals surface area contributed by atoms with Crippen molar-refractivity contribution in [3.05, 3.63) is 35.4 Å². The summed E-state index contributed by atoms with van der Waals surface area (Å²) < 4.78 is 0. The van der Waals surface area contributed by atoms with Crippen LogP contribution < -0.4 is 0 Å². The molecule has 0 bridgehead atoms. The predicted octanol–water partition coefficient (Wildman–Crippen LogP) is 1.97. The Bertz CT molecular complexity index is 456. The highest BCUT2D eigenvalue weighted by molar-refractivity contribution is 5.73. The summed E-state index contributed by atoms with van der Waals surface area (Å²) >= 11 is 0. The molecule has 0 aliphatic carbocycles. The van der Waals surface area contributed by atoms with E-state index in [1.165, 1.54) is 11.1 Å². The largest absolute Gasteiger partial charge is 0.480 e. The van der Waals surface area contributed by atoms with Crippen molar-refractivity contribution in [1.82, 2.24) is 9.80 Å². The average Bonchev–Trinajstić information content (AvgIpc) is 2.41. The maximum atomic E-state index is 11.5. The Balaban J connectivity index is 2.06. The first kappa shape index (κ1) is 15.0. The third kappa shape index (κ3) is 3.58. The highest BCUT2D eigenvalue weighted by Crippen LogP contribution is 2.23. The van der Waals surface area contributed by atoms with Crippen molar-refractivity contribution in [2.75, 3.05) is 20.6 Å². The Labute approximate surface area is 121 Å². The molecule has 2 rings (SSSR count). The van der Waals surface area contributed by atoms with E-state index in [0.717, 1.165) is 19.5 Å². The van der Waals surface area contributed by atoms with Crippen LogP contribution in [-0.4, -0.2) is 53.6 Å². The Morgan fingerprint density at radius 3 is 2.55 bits per heavy atom. The lowest BCUT2D eigenvalue weighted by molar-refractivity contribution is -0.145. The second-order valence-electron chi connectivity index (χ2n) is 5.95. The molecule has 0 spiro atoms. The van der Waals surface area contributed by atoms with Gasteiger partial charge in [-0.15, -0.1) is 0 Å². The Hall–Kier alpha value is -1.39. The van der Waals surface area contributed by atoms with Crippen molar-refractivity contribution >= 4 is 5.97 Å². The molecule has 0 unspecified atom stereocenters. The quantitative estimate of drug-likeness (QED) is 0.913. The lowest BCUT2D eigenvalue weighted by atomic mass is 9.95. The van der Waals surface area contributed by atoms with Crippen molar-refractivity contribution in [3.63, 3.8) is 0 Å². The molecule has 0 saturated carbocycles. The fraction of sp³-hybridized carbons (Fsp3) is 0.562. The first-order valence-corrected chi connectivity index (χ1v) is 7.16. The zero-order chi connectivity index (χ0) is 14.7. The number of hydrogen-bond acceptors (Lipinski definition) is 3. The molecule has 1 fully saturated rings. The normalized spacial score (nSPS) is 24.0. The number of aliphatic carboxylic acids is 1. The van der Waals surface area contributed by atoms with Gasteiger partial charge in [0.15, 0.2) is 0 Å². The van der Waals surface area contributed by atoms with E-state index in [0.29, 0.717) is 12.5 Å². The van der Waals surface area contributed by atoms with Gasteiger partial charge < -0.3 is 10.0 Å². The maximum absolute atomic E-state index is 11.5. The summed E-state index contributed by atoms with van der Waals surface area (Å²) in [6, 6.07) is 8.33. The minimum Gasteiger partial charge on any atom is -0.480 e. The SMILES string of the molecule is Cc1ccc(CN2CC[C@H](N(C)C)C[C@H]2C(=O)O)cc1. The van der Waals surface area contributed by atoms with Crippen LogP contribution in [0.5, 0.6) is 0 Å². The monoisotopic (exact) mass is 276 g/mol. The van der Waals surface area contributed by atoms with Gasteiger partial charge in [-0.25, -0.2) is 0 Å². The van der Waals surface area contributed by atoms with Gasteiger partial charge in [-0.2, -0.15) is 0 Å². The van der Waals surface area contributed by atoms with E-state index >= 15 is 0 Å². The molecule has 110 valence electrons. The Morgan fingerprint density at radius 1 is 1.35 bits per heavy atom. The maximum Gasteiger partial charge on any atom is 0.320 e. The molecular weight excluding hydrogens is 252 g/mol. The van der Waals surface area contributed by atoms with E-state index in [1.54, 1.807) is 0 Å². The second kappa shape index (κ2) is 6.37. The van der Waals surface area contributed by atoms with Gasteiger partial charge in [-0.05, 0) is 39.4 Å². The van der Waals surface area contributed by atoms with Crippen molar-refractivity contribution in [1.29, 1.82) is 0 Å². The van der Waals surface area contributed by atoms with Gasteiger partial charge in [0.2, 0.25) is 0 Å². The third-order valence-electron chi connectivity index (χ3n) is 4.21. The van der Waals surface area contributed by atoms with Gasteiger partial charge in [0.05, 0.1) is 0 Å². The second-order valence-corrected chi connectivity index (χ2v) is 5.95. The minimum atomic E-state index is -0.705. The van der Waals surface area contributed by atoms with E-state index in [1.807, 2.05) is 14.1 Å². The van der Waals surface area contributed by atoms with Crippen LogP contribution in [0, 0.1) is 6.92 Å². The van der Waals surface area contributed by atoms with E-state index in [-0.39, 0.29) is 6.04 Å². The molecule has 1 heterocycles. The van der Waals surface area contributed by atoms with Gasteiger partial charge >= 0.3 is 5.97 Å². The third-order valence-corrected chi connectivity index (χ3v) is 4.21. The molecule has 1 N–H and O–H groups in total. The number of hydrogen-bond donors (Lipinski definition) is 1. The van der Waals surface area contributed by atoms with Gasteiger partial charge in [0.25, 0.3) is 0 Å². The van der Waals surface area contributed by atoms with Crippen LogP contribution in [0.4, 0.5) is 0 Å². The molecule has 1 aromatic carbocycles. The van der Waals surface area contributed by atoms with E-state index in [2.05, 4.69) is 41.0 Å². The topological polar surface area (TPSA) is 43.8 Å². The molecule has 2 atom stereocenters. The van der Waals surface area contributed by atoms with Crippen LogP contribution in [0.1, 0.15) is 24.0 Å². The van der Waals surface area contributed by atoms with Crippen LogP contribution in [0.2, 0.25) is 0 Å². The van der Waals surface area contributed by atoms with Gasteiger partial charge in [-0.3, -0.25) is 9.69 Å². The van der Waals surface area contributed by atoms with Crippen LogP contribution in [0.3, 0.4) is 0 Å². The van der Waals surface area contributed by atoms with Crippen LogP contribution in [0.15, 0.2) is 24.3 Å². The van der Waals surface area contributed by atoms with Crippen molar-refractivity contribution in [3.8, 4) is 0 Å². The van der Waals surface area contributed by atoms with Crippen LogP contribution >= 0.6 is 0 Å². The predicted molar refractivity (Wildman–Crippen MR) is 79.7 cm³/mol. The minimum absolute atomic E-state index is 0.366. The number of piperidine rings is 1. The molecule has 0 radical (unpaired) electrons. The Morgan fingerprint density at radius 2 is 2.00 bits per heavy atom. The number of carbonyl (C=O) groups is 1. The standard InChI is InChI=1S/C16H24N2O2/c1-12-4-6-13(7-5-12)11-18-9-8-14(17(2)3)10-15(18)16(19)20/h4-7,14-15H,8-11H2,1-3H3,(H,19,20)/t14-,15-/m0/s1. The zero-order valence-corrected chi connectivity index (χ0v) is 12.5. The molecular formula is C16H24N2O2. The fourth-order valence-electron chi connectivity index (χ4n) is 2.84. The number of nitrogens with zero attached hydrogens (tertiary/aromatic N) is 2. The number of aryl methyl sites for hydroxylation is 1. The fourth-order valence-corrected chi connectivity index (χ4v) is 2.84. The van der Waals surface area contributed by atoms with E-state index in [4.69, 9.17) is 0 Å². The van der Waals surface area contributed by atoms with Crippen molar-refractivity contribution < 1.29 is 9.90 Å². The highest BCUT2D eigenvalue weighted by Gasteiger charge is 2.33. The molecule has 4 heteroatoms. The molecule has 1 aliphatic heterocycles. The summed E-state index contributed by atoms with van der Waals surface area (Å²) in [4.78, 5) is 15.7. The smallest absolute Gasteiger partial charge is 0.320 e. The molecule has 1 aromatic rings. The van der Waals surface area contributed by atoms with Crippen molar-refractivity contribution in [2.45, 2.75) is 38.4 Å². The molecule has 4 nitrogen and oxygen atoms in total. The zero-order valence-electron chi connectivity index (χ0n) is 12.5. The Kier molecular flexibility index (Phi) is 4.78. The molecule has 20 heavy (non-hydrogen) atoms. The molecule has 1 aliphatic rings. The summed E-state index contributed by atoms with van der Waals surface area (Å²) in [6.07, 6.45) is 1.73. The summed E-state index contributed by atoms with van der Waals surface area (Å²) in [6.45, 7) is 3.62. The summed E-state index contributed by atoms with van der Waals surface area (Å²) in [5, 5.41) is 9.47. The van der Waals surface area contributed by atoms with Crippen LogP contribution in [0.25, 0.3) is 0 Å². The average molecular weight is 276 g/mol. The molecule has 0 amide bonds. The summed E-state index contributed by atoms with van der Waals surface area (Å²) in [7, 11) is 4.05. The highest BCUT2D eigenvalue weighted by atomic mass is 16.4. The van der Waals surface area contributed by atoms with Crippen molar-refractivity contribution in [2.24, 2.45) is 0 Å². The first-order valence-electron chi connectivity index (χ1n) is 7.16. The summed E-state index contributed by atoms with van der Waals surface area (Å²) in [5.41, 5.74) is 2.42. The number of rotatable bonds is 4. The van der Waals surface area contributed by atoms with Gasteiger partial charge in [-0.1, -0.05) is 29.8 Å². The number of carboxylic acids is 1. The molecule has 1 saturated heterocycles. The lowest BCUT2D eigenvalue weighted by Gasteiger charge is -2.39. The van der Waals surface area contributed by atoms with Gasteiger partial charge in [0.1, 0.15) is 6.04 Å². The number of likely N-dealkylation sites (tertiary alicyclic amines) is 1. The first-order chi connectivity index (χ1) is 9.47. The van der Waals surface area contributed by atoms with E-state index < -0.39 is 5.97 Å². The summed E-state index contributed by atoms with van der Waals surface area (Å²) in [5.74, 6) is -0.705. The van der Waals surface area contributed by atoms with Gasteiger partial charge in [0, 0.05) is 19.1 Å².